The zero-order valence-corrected chi connectivity index (χ0v) is 12.1. The van der Waals surface area contributed by atoms with Crippen molar-refractivity contribution >= 4 is 5.91 Å². The summed E-state index contributed by atoms with van der Waals surface area (Å²) < 4.78 is 0. The van der Waals surface area contributed by atoms with Gasteiger partial charge in [-0.05, 0) is 31.7 Å². The average molecular weight is 253 g/mol. The summed E-state index contributed by atoms with van der Waals surface area (Å²) in [4.78, 5) is 16.9. The van der Waals surface area contributed by atoms with E-state index in [-0.39, 0.29) is 17.4 Å². The van der Waals surface area contributed by atoms with Crippen LogP contribution in [-0.4, -0.2) is 54.0 Å². The molecule has 1 amide bonds. The first-order chi connectivity index (χ1) is 8.30. The second-order valence-electron chi connectivity index (χ2n) is 6.97. The number of likely N-dealkylation sites (tertiary alicyclic amines) is 1. The van der Waals surface area contributed by atoms with Gasteiger partial charge in [-0.25, -0.2) is 0 Å². The molecule has 2 N–H and O–H groups in total. The van der Waals surface area contributed by atoms with Crippen LogP contribution in [0.3, 0.4) is 0 Å². The molecule has 4 heteroatoms. The number of carbonyl (C=O) groups excluding carboxylic acids is 1. The van der Waals surface area contributed by atoms with Crippen LogP contribution in [0.25, 0.3) is 0 Å². The summed E-state index contributed by atoms with van der Waals surface area (Å²) in [5.74, 6) is 0.128. The molecule has 2 aliphatic rings. The smallest absolute Gasteiger partial charge is 0.240 e. The summed E-state index contributed by atoms with van der Waals surface area (Å²) in [6.45, 7) is 7.83. The molecule has 0 radical (unpaired) electrons. The Morgan fingerprint density at radius 1 is 1.22 bits per heavy atom. The minimum Gasteiger partial charge on any atom is -0.340 e. The molecule has 0 aliphatic carbocycles. The first kappa shape index (κ1) is 13.8. The Bertz CT molecular complexity index is 323. The van der Waals surface area contributed by atoms with Crippen molar-refractivity contribution in [2.45, 2.75) is 58.2 Å². The largest absolute Gasteiger partial charge is 0.340 e. The van der Waals surface area contributed by atoms with E-state index in [0.717, 1.165) is 19.5 Å². The summed E-state index contributed by atoms with van der Waals surface area (Å²) in [5.41, 5.74) is 5.95. The van der Waals surface area contributed by atoms with E-state index in [1.165, 1.54) is 12.8 Å². The minimum absolute atomic E-state index is 0.128. The highest BCUT2D eigenvalue weighted by Gasteiger charge is 2.38. The monoisotopic (exact) mass is 253 g/mol. The van der Waals surface area contributed by atoms with Crippen molar-refractivity contribution in [2.24, 2.45) is 11.1 Å². The number of amides is 1. The molecule has 2 rings (SSSR count). The second kappa shape index (κ2) is 4.82. The van der Waals surface area contributed by atoms with Crippen LogP contribution in [0, 0.1) is 5.41 Å². The van der Waals surface area contributed by atoms with Crippen molar-refractivity contribution in [3.63, 3.8) is 0 Å². The van der Waals surface area contributed by atoms with Crippen molar-refractivity contribution in [1.82, 2.24) is 9.80 Å². The Hall–Kier alpha value is -0.610. The molecule has 0 aromatic carbocycles. The van der Waals surface area contributed by atoms with Gasteiger partial charge in [-0.3, -0.25) is 9.69 Å². The lowest BCUT2D eigenvalue weighted by molar-refractivity contribution is -0.135. The van der Waals surface area contributed by atoms with Crippen molar-refractivity contribution in [2.75, 3.05) is 20.1 Å². The topological polar surface area (TPSA) is 49.6 Å². The maximum absolute atomic E-state index is 12.5. The summed E-state index contributed by atoms with van der Waals surface area (Å²) in [6.07, 6.45) is 3.60. The molecule has 18 heavy (non-hydrogen) atoms. The van der Waals surface area contributed by atoms with Gasteiger partial charge in [0.1, 0.15) is 0 Å². The molecular formula is C14H27N3O. The molecule has 0 spiro atoms. The van der Waals surface area contributed by atoms with Gasteiger partial charge in [-0.1, -0.05) is 20.8 Å². The Balaban J connectivity index is 2.04. The molecule has 4 nitrogen and oxygen atoms in total. The van der Waals surface area contributed by atoms with E-state index >= 15 is 0 Å². The maximum Gasteiger partial charge on any atom is 0.240 e. The Kier molecular flexibility index (Phi) is 3.70. The van der Waals surface area contributed by atoms with E-state index in [0.29, 0.717) is 12.1 Å². The molecule has 0 aromatic heterocycles. The lowest BCUT2D eigenvalue weighted by Crippen LogP contribution is -2.52. The van der Waals surface area contributed by atoms with E-state index in [9.17, 15) is 4.79 Å². The van der Waals surface area contributed by atoms with Crippen molar-refractivity contribution in [3.8, 4) is 0 Å². The van der Waals surface area contributed by atoms with E-state index in [1.807, 2.05) is 25.7 Å². The fourth-order valence-electron chi connectivity index (χ4n) is 3.08. The molecule has 0 saturated carbocycles. The Morgan fingerprint density at radius 2 is 1.83 bits per heavy atom. The Labute approximate surface area is 110 Å². The maximum atomic E-state index is 12.5. The van der Waals surface area contributed by atoms with Gasteiger partial charge in [0.25, 0.3) is 0 Å². The zero-order valence-electron chi connectivity index (χ0n) is 12.1. The first-order valence-corrected chi connectivity index (χ1v) is 7.07. The van der Waals surface area contributed by atoms with Crippen molar-refractivity contribution < 1.29 is 4.79 Å². The van der Waals surface area contributed by atoms with Gasteiger partial charge in [-0.2, -0.15) is 0 Å². The van der Waals surface area contributed by atoms with Crippen LogP contribution < -0.4 is 5.73 Å². The number of carbonyl (C=O) groups is 1. The number of hydrogen-bond donors (Lipinski definition) is 1. The normalized spacial score (nSPS) is 31.3. The van der Waals surface area contributed by atoms with Crippen LogP contribution in [-0.2, 0) is 4.79 Å². The summed E-state index contributed by atoms with van der Waals surface area (Å²) in [5, 5.41) is 0. The SMILES string of the molecule is CN1C2CCC1CN(C(=O)C(N)C(C)(C)C)CC2. The second-order valence-corrected chi connectivity index (χ2v) is 6.97. The van der Waals surface area contributed by atoms with E-state index < -0.39 is 0 Å². The van der Waals surface area contributed by atoms with Gasteiger partial charge in [0, 0.05) is 25.2 Å². The third kappa shape index (κ3) is 2.54. The molecule has 3 unspecified atom stereocenters. The third-order valence-electron chi connectivity index (χ3n) is 4.66. The molecule has 2 saturated heterocycles. The van der Waals surface area contributed by atoms with Crippen LogP contribution >= 0.6 is 0 Å². The number of nitrogens with two attached hydrogens (primary N) is 1. The molecule has 3 atom stereocenters. The molecule has 0 aromatic rings. The van der Waals surface area contributed by atoms with Crippen molar-refractivity contribution in [3.05, 3.63) is 0 Å². The highest BCUT2D eigenvalue weighted by Crippen LogP contribution is 2.29. The van der Waals surface area contributed by atoms with E-state index in [2.05, 4.69) is 11.9 Å². The predicted molar refractivity (Wildman–Crippen MR) is 73.2 cm³/mol. The van der Waals surface area contributed by atoms with Crippen LogP contribution in [0.15, 0.2) is 0 Å². The van der Waals surface area contributed by atoms with Gasteiger partial charge in [0.05, 0.1) is 6.04 Å². The highest BCUT2D eigenvalue weighted by atomic mass is 16.2. The lowest BCUT2D eigenvalue weighted by Gasteiger charge is -2.33. The predicted octanol–water partition coefficient (Wildman–Crippen LogP) is 1.05. The van der Waals surface area contributed by atoms with Crippen molar-refractivity contribution in [1.29, 1.82) is 0 Å². The third-order valence-corrected chi connectivity index (χ3v) is 4.66. The molecular weight excluding hydrogens is 226 g/mol. The number of likely N-dealkylation sites (N-methyl/N-ethyl adjacent to an activating group) is 1. The quantitative estimate of drug-likeness (QED) is 0.760. The van der Waals surface area contributed by atoms with Crippen LogP contribution in [0.4, 0.5) is 0 Å². The molecule has 104 valence electrons. The number of fused-ring (bicyclic) bond motifs is 2. The minimum atomic E-state index is -0.389. The van der Waals surface area contributed by atoms with E-state index in [4.69, 9.17) is 5.73 Å². The van der Waals surface area contributed by atoms with Gasteiger partial charge in [0.15, 0.2) is 0 Å². The van der Waals surface area contributed by atoms with Crippen LogP contribution in [0.2, 0.25) is 0 Å². The first-order valence-electron chi connectivity index (χ1n) is 7.07. The average Bonchev–Trinajstić information content (AvgIpc) is 2.50. The zero-order chi connectivity index (χ0) is 13.5. The fraction of sp³-hybridized carbons (Fsp3) is 0.929. The standard InChI is InChI=1S/C14H27N3O/c1-14(2,3)12(15)13(18)17-8-7-10-5-6-11(9-17)16(10)4/h10-12H,5-9,15H2,1-4H3. The summed E-state index contributed by atoms with van der Waals surface area (Å²) in [6, 6.07) is 0.812. The number of hydrogen-bond acceptors (Lipinski definition) is 3. The lowest BCUT2D eigenvalue weighted by atomic mass is 9.86. The molecule has 2 bridgehead atoms. The Morgan fingerprint density at radius 3 is 2.44 bits per heavy atom. The van der Waals surface area contributed by atoms with Crippen LogP contribution in [0.1, 0.15) is 40.0 Å². The van der Waals surface area contributed by atoms with E-state index in [1.54, 1.807) is 0 Å². The van der Waals surface area contributed by atoms with Gasteiger partial charge < -0.3 is 10.6 Å². The number of rotatable bonds is 1. The fourth-order valence-corrected chi connectivity index (χ4v) is 3.08. The van der Waals surface area contributed by atoms with Gasteiger partial charge in [-0.15, -0.1) is 0 Å². The molecule has 2 heterocycles. The number of nitrogens with zero attached hydrogens (tertiary/aromatic N) is 2. The molecule has 2 fully saturated rings. The van der Waals surface area contributed by atoms with Gasteiger partial charge in [0.2, 0.25) is 5.91 Å². The summed E-state index contributed by atoms with van der Waals surface area (Å²) in [7, 11) is 2.19. The summed E-state index contributed by atoms with van der Waals surface area (Å²) >= 11 is 0. The highest BCUT2D eigenvalue weighted by molar-refractivity contribution is 5.82. The van der Waals surface area contributed by atoms with Crippen LogP contribution in [0.5, 0.6) is 0 Å². The molecule has 2 aliphatic heterocycles. The van der Waals surface area contributed by atoms with Gasteiger partial charge >= 0.3 is 0 Å².